The quantitative estimate of drug-likeness (QED) is 0.537. The summed E-state index contributed by atoms with van der Waals surface area (Å²) in [7, 11) is 0. The summed E-state index contributed by atoms with van der Waals surface area (Å²) < 4.78 is 14.1. The molecule has 0 spiro atoms. The summed E-state index contributed by atoms with van der Waals surface area (Å²) in [5.74, 6) is 5.56. The van der Waals surface area contributed by atoms with Crippen LogP contribution in [0.15, 0.2) is 24.3 Å². The average Bonchev–Trinajstić information content (AvgIpc) is 3.20. The van der Waals surface area contributed by atoms with Gasteiger partial charge in [-0.2, -0.15) is 0 Å². The molecule has 1 aromatic heterocycles. The van der Waals surface area contributed by atoms with E-state index in [9.17, 15) is 4.39 Å². The molecule has 2 heteroatoms. The fraction of sp³-hybridized carbons (Fsp3) is 0.704. The molecular formula is C27H38FN. The summed E-state index contributed by atoms with van der Waals surface area (Å²) in [6, 6.07) is 7.46. The summed E-state index contributed by atoms with van der Waals surface area (Å²) in [5.41, 5.74) is 2.22. The summed E-state index contributed by atoms with van der Waals surface area (Å²) in [5, 5.41) is 0.765. The number of rotatable bonds is 4. The summed E-state index contributed by atoms with van der Waals surface area (Å²) >= 11 is 0. The monoisotopic (exact) mass is 395 g/mol. The third kappa shape index (κ3) is 4.01. The first kappa shape index (κ1) is 19.6. The number of aromatic amines is 1. The maximum Gasteiger partial charge on any atom is 0.132 e. The second-order valence-corrected chi connectivity index (χ2v) is 10.6. The summed E-state index contributed by atoms with van der Waals surface area (Å²) in [4.78, 5) is 3.51. The number of nitrogens with one attached hydrogen (secondary N) is 1. The molecule has 158 valence electrons. The van der Waals surface area contributed by atoms with Gasteiger partial charge in [0.15, 0.2) is 0 Å². The van der Waals surface area contributed by atoms with Crippen molar-refractivity contribution in [2.24, 2.45) is 29.6 Å². The number of halogens is 1. The third-order valence-corrected chi connectivity index (χ3v) is 8.97. The molecule has 5 rings (SSSR count). The van der Waals surface area contributed by atoms with Crippen molar-refractivity contribution in [3.05, 3.63) is 35.8 Å². The minimum absolute atomic E-state index is 0.0934. The van der Waals surface area contributed by atoms with Gasteiger partial charge in [0.05, 0.1) is 0 Å². The molecule has 0 amide bonds. The van der Waals surface area contributed by atoms with Crippen molar-refractivity contribution in [1.29, 1.82) is 0 Å². The smallest absolute Gasteiger partial charge is 0.132 e. The molecule has 1 nitrogen and oxygen atoms in total. The molecule has 4 atom stereocenters. The molecule has 1 heterocycles. The van der Waals surface area contributed by atoms with Crippen molar-refractivity contribution in [1.82, 2.24) is 4.98 Å². The number of hydrogen-bond donors (Lipinski definition) is 1. The van der Waals surface area contributed by atoms with E-state index in [-0.39, 0.29) is 5.82 Å². The van der Waals surface area contributed by atoms with Crippen molar-refractivity contribution in [3.63, 3.8) is 0 Å². The largest absolute Gasteiger partial charge is 0.358 e. The van der Waals surface area contributed by atoms with Crippen LogP contribution in [0.25, 0.3) is 10.9 Å². The molecule has 1 N–H and O–H groups in total. The van der Waals surface area contributed by atoms with Crippen LogP contribution in [0.2, 0.25) is 0 Å². The van der Waals surface area contributed by atoms with E-state index in [4.69, 9.17) is 0 Å². The highest BCUT2D eigenvalue weighted by Crippen LogP contribution is 2.50. The lowest BCUT2D eigenvalue weighted by molar-refractivity contribution is 0.0617. The molecule has 2 aromatic rings. The van der Waals surface area contributed by atoms with Gasteiger partial charge in [-0.05, 0) is 111 Å². The zero-order valence-electron chi connectivity index (χ0n) is 18.1. The molecule has 0 aliphatic heterocycles. The van der Waals surface area contributed by atoms with Crippen LogP contribution in [0.5, 0.6) is 0 Å². The Hall–Kier alpha value is -1.31. The Kier molecular flexibility index (Phi) is 5.71. The second-order valence-electron chi connectivity index (χ2n) is 10.6. The fourth-order valence-electron chi connectivity index (χ4n) is 7.38. The first-order chi connectivity index (χ1) is 14.2. The van der Waals surface area contributed by atoms with E-state index >= 15 is 0 Å². The molecular weight excluding hydrogens is 357 g/mol. The van der Waals surface area contributed by atoms with Crippen LogP contribution in [-0.2, 0) is 0 Å². The van der Waals surface area contributed by atoms with Gasteiger partial charge in [-0.15, -0.1) is 0 Å². The van der Waals surface area contributed by atoms with Crippen LogP contribution in [-0.4, -0.2) is 4.98 Å². The van der Waals surface area contributed by atoms with E-state index in [0.29, 0.717) is 5.92 Å². The van der Waals surface area contributed by atoms with E-state index in [1.807, 2.05) is 6.07 Å². The van der Waals surface area contributed by atoms with Crippen LogP contribution < -0.4 is 0 Å². The predicted octanol–water partition coefficient (Wildman–Crippen LogP) is 8.21. The number of aromatic nitrogens is 1. The van der Waals surface area contributed by atoms with Crippen LogP contribution in [0.1, 0.15) is 95.6 Å². The Bertz CT molecular complexity index is 815. The highest BCUT2D eigenvalue weighted by molar-refractivity contribution is 5.81. The fourth-order valence-corrected chi connectivity index (χ4v) is 7.38. The molecule has 0 saturated heterocycles. The zero-order valence-corrected chi connectivity index (χ0v) is 18.1. The van der Waals surface area contributed by atoms with E-state index in [1.54, 1.807) is 12.1 Å². The zero-order chi connectivity index (χ0) is 19.8. The van der Waals surface area contributed by atoms with Gasteiger partial charge in [-0.3, -0.25) is 0 Å². The molecule has 3 aliphatic rings. The lowest BCUT2D eigenvalue weighted by Crippen LogP contribution is -2.34. The van der Waals surface area contributed by atoms with Gasteiger partial charge in [0.25, 0.3) is 0 Å². The van der Waals surface area contributed by atoms with Crippen molar-refractivity contribution in [3.8, 4) is 0 Å². The average molecular weight is 396 g/mol. The van der Waals surface area contributed by atoms with Crippen LogP contribution in [0.3, 0.4) is 0 Å². The molecule has 3 aliphatic carbocycles. The summed E-state index contributed by atoms with van der Waals surface area (Å²) in [6.07, 6.45) is 17.2. The van der Waals surface area contributed by atoms with Gasteiger partial charge in [-0.1, -0.05) is 32.3 Å². The second kappa shape index (κ2) is 8.44. The topological polar surface area (TPSA) is 15.8 Å². The van der Waals surface area contributed by atoms with Gasteiger partial charge in [-0.25, -0.2) is 4.39 Å². The van der Waals surface area contributed by atoms with Crippen LogP contribution in [0, 0.1) is 35.4 Å². The van der Waals surface area contributed by atoms with E-state index in [0.717, 1.165) is 40.5 Å². The van der Waals surface area contributed by atoms with E-state index in [2.05, 4.69) is 18.0 Å². The number of benzene rings is 1. The number of H-pyrrole nitrogens is 1. The normalized spacial score (nSPS) is 35.5. The first-order valence-electron chi connectivity index (χ1n) is 12.5. The van der Waals surface area contributed by atoms with E-state index < -0.39 is 0 Å². The minimum atomic E-state index is -0.0934. The maximum absolute atomic E-state index is 14.1. The summed E-state index contributed by atoms with van der Waals surface area (Å²) in [6.45, 7) is 2.35. The lowest BCUT2D eigenvalue weighted by atomic mass is 9.60. The number of fused-ring (bicyclic) bond motifs is 2. The van der Waals surface area contributed by atoms with Crippen LogP contribution >= 0.6 is 0 Å². The Labute approximate surface area is 175 Å². The van der Waals surface area contributed by atoms with Gasteiger partial charge < -0.3 is 4.98 Å². The molecule has 0 radical (unpaired) electrons. The lowest BCUT2D eigenvalue weighted by Gasteiger charge is -2.45. The molecule has 3 saturated carbocycles. The Morgan fingerprint density at radius 2 is 1.55 bits per heavy atom. The minimum Gasteiger partial charge on any atom is -0.358 e. The SMILES string of the molecule is CCC[C@H]1CC[C@@H]2C[C@H](C3CCC(c4cc5c(F)cccc5[nH]4)CC3)CC[C@@H]2C1. The molecule has 29 heavy (non-hydrogen) atoms. The Morgan fingerprint density at radius 3 is 2.31 bits per heavy atom. The van der Waals surface area contributed by atoms with Gasteiger partial charge in [0, 0.05) is 16.6 Å². The van der Waals surface area contributed by atoms with Gasteiger partial charge in [0.2, 0.25) is 0 Å². The maximum atomic E-state index is 14.1. The van der Waals surface area contributed by atoms with E-state index in [1.165, 1.54) is 82.7 Å². The highest BCUT2D eigenvalue weighted by atomic mass is 19.1. The molecule has 0 bridgehead atoms. The number of hydrogen-bond acceptors (Lipinski definition) is 0. The Balaban J connectivity index is 1.17. The van der Waals surface area contributed by atoms with Gasteiger partial charge >= 0.3 is 0 Å². The predicted molar refractivity (Wildman–Crippen MR) is 120 cm³/mol. The van der Waals surface area contributed by atoms with Crippen LogP contribution in [0.4, 0.5) is 4.39 Å². The van der Waals surface area contributed by atoms with Crippen molar-refractivity contribution < 1.29 is 4.39 Å². The van der Waals surface area contributed by atoms with Crippen molar-refractivity contribution in [2.45, 2.75) is 89.9 Å². The van der Waals surface area contributed by atoms with Crippen molar-refractivity contribution in [2.75, 3.05) is 0 Å². The van der Waals surface area contributed by atoms with Gasteiger partial charge in [0.1, 0.15) is 5.82 Å². The molecule has 0 unspecified atom stereocenters. The molecule has 3 fully saturated rings. The van der Waals surface area contributed by atoms with Crippen molar-refractivity contribution >= 4 is 10.9 Å². The first-order valence-corrected chi connectivity index (χ1v) is 12.5. The highest BCUT2D eigenvalue weighted by Gasteiger charge is 2.38. The Morgan fingerprint density at radius 1 is 0.862 bits per heavy atom. The standard InChI is InChI=1S/C27H38FN/c1-2-4-18-7-8-23-16-22(14-13-21(23)15-18)19-9-11-20(12-10-19)27-17-24-25(28)5-3-6-26(24)29-27/h3,5-6,17-23,29H,2,4,7-16H2,1H3/t18-,19?,20?,21+,22+,23+/m0/s1. The molecule has 1 aromatic carbocycles. The third-order valence-electron chi connectivity index (χ3n) is 8.97.